The summed E-state index contributed by atoms with van der Waals surface area (Å²) in [7, 11) is 0. The minimum atomic E-state index is -0.699. The number of rotatable bonds is 10. The lowest BCUT2D eigenvalue weighted by Gasteiger charge is -2.17. The first-order chi connectivity index (χ1) is 17.5. The van der Waals surface area contributed by atoms with Gasteiger partial charge in [0.15, 0.2) is 5.76 Å². The van der Waals surface area contributed by atoms with Gasteiger partial charge in [-0.2, -0.15) is 0 Å². The number of unbranched alkanes of at least 4 members (excludes halogenated alkanes) is 2. The van der Waals surface area contributed by atoms with Crippen molar-refractivity contribution in [1.82, 2.24) is 19.6 Å². The normalized spacial score (nSPS) is 21.6. The average molecular weight is 489 g/mol. The van der Waals surface area contributed by atoms with Crippen molar-refractivity contribution in [2.24, 2.45) is 17.8 Å². The molecule has 2 N–H and O–H groups in total. The van der Waals surface area contributed by atoms with Crippen LogP contribution in [0.1, 0.15) is 55.8 Å². The molecule has 0 radical (unpaired) electrons. The van der Waals surface area contributed by atoms with E-state index < -0.39 is 12.1 Å². The van der Waals surface area contributed by atoms with Crippen molar-refractivity contribution in [3.63, 3.8) is 0 Å². The summed E-state index contributed by atoms with van der Waals surface area (Å²) in [6.07, 6.45) is 5.96. The molecule has 3 aromatic rings. The zero-order chi connectivity index (χ0) is 25.1. The monoisotopic (exact) mass is 488 g/mol. The number of carbonyl (C=O) groups is 1. The molecule has 0 bridgehead atoms. The number of hydrogen-bond donors (Lipinski definition) is 2. The summed E-state index contributed by atoms with van der Waals surface area (Å²) in [5, 5.41) is 22.7. The summed E-state index contributed by atoms with van der Waals surface area (Å²) in [5.74, 6) is 9.30. The lowest BCUT2D eigenvalue weighted by Crippen LogP contribution is -2.25. The molecule has 36 heavy (non-hydrogen) atoms. The number of carboxylic acids is 1. The Kier molecular flexibility index (Phi) is 7.21. The Bertz CT molecular complexity index is 1240. The number of likely N-dealkylation sites (tertiary alicyclic amines) is 1. The highest BCUT2D eigenvalue weighted by Crippen LogP contribution is 2.51. The third-order valence-electron chi connectivity index (χ3n) is 7.20. The summed E-state index contributed by atoms with van der Waals surface area (Å²) >= 11 is 0. The second-order valence-corrected chi connectivity index (χ2v) is 9.94. The molecule has 1 unspecified atom stereocenters. The molecule has 1 aromatic carbocycles. The maximum atomic E-state index is 10.6. The Balaban J connectivity index is 1.09. The fourth-order valence-corrected chi connectivity index (χ4v) is 5.20. The van der Waals surface area contributed by atoms with E-state index in [1.807, 2.05) is 41.1 Å². The lowest BCUT2D eigenvalue weighted by atomic mass is 10.1. The van der Waals surface area contributed by atoms with Crippen molar-refractivity contribution >= 4 is 5.97 Å². The molecule has 2 aliphatic rings. The fraction of sp³-hybridized carbons (Fsp3) is 0.464. The van der Waals surface area contributed by atoms with Crippen LogP contribution in [0.25, 0.3) is 11.3 Å². The van der Waals surface area contributed by atoms with Crippen LogP contribution in [0.5, 0.6) is 0 Å². The Morgan fingerprint density at radius 1 is 1.19 bits per heavy atom. The van der Waals surface area contributed by atoms with Gasteiger partial charge in [0, 0.05) is 55.0 Å². The standard InChI is InChI=1S/C28H32N4O4/c1-19(33)28-29-12-14-32(28)16-22-15-26(36-30-22)21-9-6-20(7-10-21)8-11-23-24-17-31(18-25(23)24)13-4-2-3-5-27(34)35/h6-7,9-10,12,14-15,19,23-25,33H,2-5,13,16-18H2,1H3,(H,34,35)/t19-,23?,24-,25+/m0/s1. The van der Waals surface area contributed by atoms with Crippen LogP contribution in [0, 0.1) is 29.6 Å². The molecule has 0 amide bonds. The quantitative estimate of drug-likeness (QED) is 0.330. The minimum absolute atomic E-state index is 0.279. The maximum absolute atomic E-state index is 10.6. The van der Waals surface area contributed by atoms with Crippen LogP contribution in [0.4, 0.5) is 0 Å². The molecule has 0 spiro atoms. The van der Waals surface area contributed by atoms with Crippen LogP contribution in [-0.4, -0.2) is 55.4 Å². The Hall–Kier alpha value is -3.41. The van der Waals surface area contributed by atoms with Gasteiger partial charge in [-0.15, -0.1) is 0 Å². The maximum Gasteiger partial charge on any atom is 0.303 e. The number of aliphatic carboxylic acids is 1. The van der Waals surface area contributed by atoms with Crippen LogP contribution >= 0.6 is 0 Å². The number of nitrogens with zero attached hydrogens (tertiary/aromatic N) is 4. The molecule has 2 aromatic heterocycles. The summed E-state index contributed by atoms with van der Waals surface area (Å²) < 4.78 is 7.41. The SMILES string of the molecule is C[C@H](O)c1nccn1Cc1cc(-c2ccc(C#CC3[C@H]4CN(CCCCCC(=O)O)C[C@@H]34)cc2)on1. The van der Waals surface area contributed by atoms with E-state index in [0.29, 0.717) is 35.9 Å². The van der Waals surface area contributed by atoms with Crippen molar-refractivity contribution in [3.05, 3.63) is 59.8 Å². The number of piperidine rings is 1. The third-order valence-corrected chi connectivity index (χ3v) is 7.20. The van der Waals surface area contributed by atoms with E-state index in [0.717, 1.165) is 55.7 Å². The van der Waals surface area contributed by atoms with E-state index in [9.17, 15) is 9.90 Å². The topological polar surface area (TPSA) is 105 Å². The molecule has 2 fully saturated rings. The fourth-order valence-electron chi connectivity index (χ4n) is 5.20. The van der Waals surface area contributed by atoms with Gasteiger partial charge >= 0.3 is 5.97 Å². The summed E-state index contributed by atoms with van der Waals surface area (Å²) in [6, 6.07) is 9.97. The van der Waals surface area contributed by atoms with E-state index >= 15 is 0 Å². The highest BCUT2D eigenvalue weighted by Gasteiger charge is 2.54. The third kappa shape index (κ3) is 5.69. The van der Waals surface area contributed by atoms with E-state index in [2.05, 4.69) is 26.9 Å². The van der Waals surface area contributed by atoms with Gasteiger partial charge in [0.1, 0.15) is 17.6 Å². The molecule has 5 rings (SSSR count). The van der Waals surface area contributed by atoms with Crippen LogP contribution in [0.3, 0.4) is 0 Å². The largest absolute Gasteiger partial charge is 0.481 e. The number of aliphatic hydroxyl groups excluding tert-OH is 1. The number of imidazole rings is 1. The molecule has 1 aliphatic carbocycles. The van der Waals surface area contributed by atoms with Gasteiger partial charge in [-0.25, -0.2) is 4.98 Å². The van der Waals surface area contributed by atoms with E-state index in [1.165, 1.54) is 0 Å². The van der Waals surface area contributed by atoms with Gasteiger partial charge in [-0.05, 0) is 62.4 Å². The van der Waals surface area contributed by atoms with Crippen LogP contribution in [0.2, 0.25) is 0 Å². The summed E-state index contributed by atoms with van der Waals surface area (Å²) in [6.45, 7) is 5.49. The minimum Gasteiger partial charge on any atom is -0.481 e. The number of aliphatic hydroxyl groups is 1. The molecular formula is C28H32N4O4. The number of benzene rings is 1. The molecule has 188 valence electrons. The van der Waals surface area contributed by atoms with Crippen LogP contribution in [-0.2, 0) is 11.3 Å². The number of aromatic nitrogens is 3. The zero-order valence-electron chi connectivity index (χ0n) is 20.5. The van der Waals surface area contributed by atoms with Crippen LogP contribution in [0.15, 0.2) is 47.2 Å². The van der Waals surface area contributed by atoms with Gasteiger partial charge in [0.25, 0.3) is 0 Å². The Morgan fingerprint density at radius 2 is 1.97 bits per heavy atom. The van der Waals surface area contributed by atoms with E-state index in [4.69, 9.17) is 9.63 Å². The van der Waals surface area contributed by atoms with Gasteiger partial charge in [-0.3, -0.25) is 4.79 Å². The number of hydrogen-bond acceptors (Lipinski definition) is 6. The first-order valence-corrected chi connectivity index (χ1v) is 12.7. The van der Waals surface area contributed by atoms with Crippen molar-refractivity contribution < 1.29 is 19.5 Å². The Morgan fingerprint density at radius 3 is 2.69 bits per heavy atom. The lowest BCUT2D eigenvalue weighted by molar-refractivity contribution is -0.137. The second-order valence-electron chi connectivity index (χ2n) is 9.94. The smallest absolute Gasteiger partial charge is 0.303 e. The molecule has 8 nitrogen and oxygen atoms in total. The van der Waals surface area contributed by atoms with E-state index in [-0.39, 0.29) is 6.42 Å². The highest BCUT2D eigenvalue weighted by atomic mass is 16.5. The van der Waals surface area contributed by atoms with Crippen molar-refractivity contribution in [1.29, 1.82) is 0 Å². The summed E-state index contributed by atoms with van der Waals surface area (Å²) in [4.78, 5) is 17.3. The van der Waals surface area contributed by atoms with Crippen molar-refractivity contribution in [2.45, 2.75) is 45.3 Å². The molecule has 1 saturated heterocycles. The molecule has 8 heteroatoms. The first kappa shape index (κ1) is 24.3. The van der Waals surface area contributed by atoms with Crippen molar-refractivity contribution in [2.75, 3.05) is 19.6 Å². The number of carboxylic acid groups (broad SMARTS) is 1. The molecule has 3 heterocycles. The summed E-state index contributed by atoms with van der Waals surface area (Å²) in [5.41, 5.74) is 2.71. The molecule has 1 saturated carbocycles. The van der Waals surface area contributed by atoms with Gasteiger partial charge in [-0.1, -0.05) is 23.4 Å². The predicted octanol–water partition coefficient (Wildman–Crippen LogP) is 3.81. The van der Waals surface area contributed by atoms with Crippen LogP contribution < -0.4 is 0 Å². The number of fused-ring (bicyclic) bond motifs is 1. The van der Waals surface area contributed by atoms with E-state index in [1.54, 1.807) is 13.1 Å². The molecule has 1 aliphatic heterocycles. The predicted molar refractivity (Wildman–Crippen MR) is 134 cm³/mol. The first-order valence-electron chi connectivity index (χ1n) is 12.7. The zero-order valence-corrected chi connectivity index (χ0v) is 20.5. The molecule has 4 atom stereocenters. The second kappa shape index (κ2) is 10.7. The Labute approximate surface area is 210 Å². The average Bonchev–Trinajstić information content (AvgIpc) is 3.33. The highest BCUT2D eigenvalue weighted by molar-refractivity contribution is 5.66. The van der Waals surface area contributed by atoms with Gasteiger partial charge in [0.2, 0.25) is 0 Å². The van der Waals surface area contributed by atoms with Crippen molar-refractivity contribution in [3.8, 4) is 23.2 Å². The molecular weight excluding hydrogens is 456 g/mol. The van der Waals surface area contributed by atoms with Gasteiger partial charge in [0.05, 0.1) is 6.54 Å². The van der Waals surface area contributed by atoms with Gasteiger partial charge < -0.3 is 24.2 Å².